The molecule has 1 aliphatic carbocycles. The minimum atomic E-state index is -0.314. The van der Waals surface area contributed by atoms with E-state index in [9.17, 15) is 4.79 Å². The number of rotatable bonds is 3. The number of carbonyl (C=O) groups is 1. The van der Waals surface area contributed by atoms with Gasteiger partial charge in [0.05, 0.1) is 5.41 Å². The fourth-order valence-electron chi connectivity index (χ4n) is 2.77. The number of allylic oxidation sites excluding steroid dienone is 2. The van der Waals surface area contributed by atoms with Gasteiger partial charge in [-0.05, 0) is 43.2 Å². The van der Waals surface area contributed by atoms with Crippen molar-refractivity contribution in [3.63, 3.8) is 0 Å². The Labute approximate surface area is 91.5 Å². The lowest BCUT2D eigenvalue weighted by atomic mass is 9.94. The Balaban J connectivity index is 3.03. The topological polar surface area (TPSA) is 17.1 Å². The molecule has 0 N–H and O–H groups in total. The molecule has 2 atom stereocenters. The maximum atomic E-state index is 11.5. The van der Waals surface area contributed by atoms with Crippen molar-refractivity contribution in [3.05, 3.63) is 11.6 Å². The van der Waals surface area contributed by atoms with Crippen LogP contribution in [0.5, 0.6) is 0 Å². The Morgan fingerprint density at radius 2 is 1.93 bits per heavy atom. The monoisotopic (exact) mass is 214 g/mol. The molecule has 0 saturated heterocycles. The van der Waals surface area contributed by atoms with Crippen molar-refractivity contribution in [3.8, 4) is 0 Å². The van der Waals surface area contributed by atoms with Crippen LogP contribution in [-0.2, 0) is 4.79 Å². The highest BCUT2D eigenvalue weighted by Gasteiger charge is 2.72. The van der Waals surface area contributed by atoms with Gasteiger partial charge in [-0.1, -0.05) is 32.4 Å². The van der Waals surface area contributed by atoms with E-state index in [1.807, 2.05) is 6.92 Å². The van der Waals surface area contributed by atoms with Crippen LogP contribution in [0.3, 0.4) is 0 Å². The third-order valence-corrected chi connectivity index (χ3v) is 4.12. The van der Waals surface area contributed by atoms with Crippen molar-refractivity contribution in [2.24, 2.45) is 16.7 Å². The molecule has 0 heterocycles. The van der Waals surface area contributed by atoms with E-state index in [-0.39, 0.29) is 16.1 Å². The van der Waals surface area contributed by atoms with Crippen molar-refractivity contribution in [2.45, 2.75) is 41.0 Å². The maximum absolute atomic E-state index is 11.5. The molecule has 1 aliphatic rings. The molecule has 1 rings (SSSR count). The second-order valence-corrected chi connectivity index (χ2v) is 5.39. The average molecular weight is 215 g/mol. The second kappa shape index (κ2) is 3.37. The van der Waals surface area contributed by atoms with Crippen molar-refractivity contribution in [2.75, 3.05) is 0 Å². The zero-order chi connectivity index (χ0) is 11.1. The first kappa shape index (κ1) is 11.8. The zero-order valence-corrected chi connectivity index (χ0v) is 10.4. The van der Waals surface area contributed by atoms with Crippen LogP contribution >= 0.6 is 11.6 Å². The van der Waals surface area contributed by atoms with E-state index in [2.05, 4.69) is 33.8 Å². The van der Waals surface area contributed by atoms with E-state index < -0.39 is 0 Å². The summed E-state index contributed by atoms with van der Waals surface area (Å²) in [6.07, 6.45) is 3.01. The van der Waals surface area contributed by atoms with Crippen LogP contribution in [0.2, 0.25) is 0 Å². The summed E-state index contributed by atoms with van der Waals surface area (Å²) < 4.78 is 0. The lowest BCUT2D eigenvalue weighted by Crippen LogP contribution is -2.15. The van der Waals surface area contributed by atoms with Crippen LogP contribution in [0.25, 0.3) is 0 Å². The highest BCUT2D eigenvalue weighted by Crippen LogP contribution is 2.72. The van der Waals surface area contributed by atoms with Gasteiger partial charge >= 0.3 is 0 Å². The Kier molecular flexibility index (Phi) is 2.84. The Hall–Kier alpha value is -0.300. The minimum absolute atomic E-state index is 0.0256. The van der Waals surface area contributed by atoms with E-state index >= 15 is 0 Å². The third kappa shape index (κ3) is 1.33. The van der Waals surface area contributed by atoms with Crippen LogP contribution in [0.4, 0.5) is 0 Å². The molecule has 0 spiro atoms. The highest BCUT2D eigenvalue weighted by molar-refractivity contribution is 6.65. The molecule has 2 unspecified atom stereocenters. The number of hydrogen-bond donors (Lipinski definition) is 0. The molecule has 0 radical (unpaired) electrons. The smallest absolute Gasteiger partial charge is 0.228 e. The largest absolute Gasteiger partial charge is 0.281 e. The molecule has 0 aliphatic heterocycles. The molecule has 0 aromatic rings. The molecule has 1 saturated carbocycles. The van der Waals surface area contributed by atoms with Crippen LogP contribution in [-0.4, -0.2) is 5.24 Å². The summed E-state index contributed by atoms with van der Waals surface area (Å²) in [6, 6.07) is 0. The van der Waals surface area contributed by atoms with Gasteiger partial charge < -0.3 is 0 Å². The first-order chi connectivity index (χ1) is 6.30. The van der Waals surface area contributed by atoms with E-state index in [1.165, 1.54) is 5.57 Å². The van der Waals surface area contributed by atoms with E-state index in [0.717, 1.165) is 6.42 Å². The van der Waals surface area contributed by atoms with Gasteiger partial charge in [0.15, 0.2) is 0 Å². The summed E-state index contributed by atoms with van der Waals surface area (Å²) >= 11 is 5.73. The molecule has 1 fully saturated rings. The molecule has 14 heavy (non-hydrogen) atoms. The number of halogens is 1. The summed E-state index contributed by atoms with van der Waals surface area (Å²) in [7, 11) is 0. The number of hydrogen-bond acceptors (Lipinski definition) is 1. The molecular weight excluding hydrogens is 196 g/mol. The number of carbonyl (C=O) groups excluding carboxylic acids is 1. The predicted octanol–water partition coefficient (Wildman–Crippen LogP) is 3.77. The summed E-state index contributed by atoms with van der Waals surface area (Å²) in [5, 5.41) is -0.174. The molecule has 0 bridgehead atoms. The zero-order valence-electron chi connectivity index (χ0n) is 9.65. The standard InChI is InChI=1S/C12H19ClO/c1-6-12(10(13)14)9(7-8(2)3)11(12,4)5/h7,9H,6H2,1-5H3. The van der Waals surface area contributed by atoms with Gasteiger partial charge in [-0.3, -0.25) is 4.79 Å². The van der Waals surface area contributed by atoms with Crippen molar-refractivity contribution in [1.82, 2.24) is 0 Å². The molecule has 2 heteroatoms. The van der Waals surface area contributed by atoms with E-state index in [0.29, 0.717) is 5.92 Å². The van der Waals surface area contributed by atoms with Crippen molar-refractivity contribution < 1.29 is 4.79 Å². The van der Waals surface area contributed by atoms with Crippen molar-refractivity contribution in [1.29, 1.82) is 0 Å². The Morgan fingerprint density at radius 1 is 1.43 bits per heavy atom. The summed E-state index contributed by atoms with van der Waals surface area (Å²) in [5.74, 6) is 0.315. The SMILES string of the molecule is CCC1(C(=O)Cl)C(C=C(C)C)C1(C)C. The molecule has 1 nitrogen and oxygen atoms in total. The van der Waals surface area contributed by atoms with Gasteiger partial charge in [0, 0.05) is 0 Å². The van der Waals surface area contributed by atoms with Gasteiger partial charge in [-0.2, -0.15) is 0 Å². The maximum Gasteiger partial charge on any atom is 0.228 e. The summed E-state index contributed by atoms with van der Waals surface area (Å²) in [6.45, 7) is 10.4. The lowest BCUT2D eigenvalue weighted by Gasteiger charge is -2.11. The molecule has 0 aromatic heterocycles. The minimum Gasteiger partial charge on any atom is -0.281 e. The molecular formula is C12H19ClO. The van der Waals surface area contributed by atoms with E-state index in [1.54, 1.807) is 0 Å². The van der Waals surface area contributed by atoms with Crippen LogP contribution in [0.15, 0.2) is 11.6 Å². The fraction of sp³-hybridized carbons (Fsp3) is 0.750. The average Bonchev–Trinajstić information content (AvgIpc) is 2.48. The molecule has 0 amide bonds. The Bertz CT molecular complexity index is 287. The van der Waals surface area contributed by atoms with Crippen molar-refractivity contribution >= 4 is 16.8 Å². The van der Waals surface area contributed by atoms with Gasteiger partial charge in [-0.15, -0.1) is 0 Å². The van der Waals surface area contributed by atoms with Crippen LogP contribution in [0.1, 0.15) is 41.0 Å². The molecule has 80 valence electrons. The van der Waals surface area contributed by atoms with Gasteiger partial charge in [0.1, 0.15) is 0 Å². The van der Waals surface area contributed by atoms with E-state index in [4.69, 9.17) is 11.6 Å². The quantitative estimate of drug-likeness (QED) is 0.516. The normalized spacial score (nSPS) is 33.7. The highest BCUT2D eigenvalue weighted by atomic mass is 35.5. The summed E-state index contributed by atoms with van der Waals surface area (Å²) in [4.78, 5) is 11.5. The first-order valence-electron chi connectivity index (χ1n) is 5.15. The van der Waals surface area contributed by atoms with Gasteiger partial charge in [-0.25, -0.2) is 0 Å². The lowest BCUT2D eigenvalue weighted by molar-refractivity contribution is -0.117. The Morgan fingerprint density at radius 3 is 2.14 bits per heavy atom. The third-order valence-electron chi connectivity index (χ3n) is 3.78. The van der Waals surface area contributed by atoms with Crippen LogP contribution < -0.4 is 0 Å². The fourth-order valence-corrected chi connectivity index (χ4v) is 3.26. The predicted molar refractivity (Wildman–Crippen MR) is 60.3 cm³/mol. The van der Waals surface area contributed by atoms with Gasteiger partial charge in [0.25, 0.3) is 0 Å². The van der Waals surface area contributed by atoms with Crippen LogP contribution in [0, 0.1) is 16.7 Å². The van der Waals surface area contributed by atoms with Gasteiger partial charge in [0.2, 0.25) is 5.24 Å². The molecule has 0 aromatic carbocycles. The first-order valence-corrected chi connectivity index (χ1v) is 5.53. The summed E-state index contributed by atoms with van der Waals surface area (Å²) in [5.41, 5.74) is 0.972. The second-order valence-electron chi connectivity index (χ2n) is 5.04.